The van der Waals surface area contributed by atoms with E-state index in [4.69, 9.17) is 5.73 Å². The second-order valence-corrected chi connectivity index (χ2v) is 5.56. The lowest BCUT2D eigenvalue weighted by Gasteiger charge is -2.15. The summed E-state index contributed by atoms with van der Waals surface area (Å²) < 4.78 is 15.2. The molecule has 1 aromatic heterocycles. The molecule has 0 aliphatic heterocycles. The van der Waals surface area contributed by atoms with Crippen LogP contribution in [0.1, 0.15) is 36.8 Å². The minimum Gasteiger partial charge on any atom is -0.324 e. The van der Waals surface area contributed by atoms with E-state index in [9.17, 15) is 4.39 Å². The smallest absolute Gasteiger partial charge is 0.138 e. The monoisotopic (exact) mass is 276 g/mol. The summed E-state index contributed by atoms with van der Waals surface area (Å²) in [6.07, 6.45) is 2.10. The lowest BCUT2D eigenvalue weighted by Crippen LogP contribution is -2.19. The molecule has 0 fully saturated rings. The summed E-state index contributed by atoms with van der Waals surface area (Å²) >= 11 is 0. The molecule has 1 aromatic carbocycles. The van der Waals surface area contributed by atoms with Gasteiger partial charge < -0.3 is 5.73 Å². The number of aromatic nitrogens is 3. The lowest BCUT2D eigenvalue weighted by atomic mass is 9.99. The summed E-state index contributed by atoms with van der Waals surface area (Å²) in [5.41, 5.74) is 8.03. The molecule has 2 aromatic rings. The minimum absolute atomic E-state index is 0.260. The van der Waals surface area contributed by atoms with Crippen molar-refractivity contribution in [3.63, 3.8) is 0 Å². The molecule has 2 N–H and O–H groups in total. The molecule has 1 atom stereocenters. The van der Waals surface area contributed by atoms with Crippen molar-refractivity contribution in [2.45, 2.75) is 39.8 Å². The molecule has 0 spiro atoms. The minimum atomic E-state index is -0.277. The first kappa shape index (κ1) is 14.7. The Morgan fingerprint density at radius 1 is 1.35 bits per heavy atom. The van der Waals surface area contributed by atoms with Crippen LogP contribution in [0.5, 0.6) is 0 Å². The third-order valence-electron chi connectivity index (χ3n) is 3.28. The third kappa shape index (κ3) is 3.42. The van der Waals surface area contributed by atoms with Gasteiger partial charge in [-0.25, -0.2) is 14.1 Å². The van der Waals surface area contributed by atoms with E-state index in [2.05, 4.69) is 23.9 Å². The van der Waals surface area contributed by atoms with Crippen LogP contribution in [0.3, 0.4) is 0 Å². The third-order valence-corrected chi connectivity index (χ3v) is 3.28. The Morgan fingerprint density at radius 3 is 2.80 bits per heavy atom. The van der Waals surface area contributed by atoms with Crippen molar-refractivity contribution < 1.29 is 4.39 Å². The maximum atomic E-state index is 13.3. The highest BCUT2D eigenvalue weighted by molar-refractivity contribution is 5.29. The molecule has 0 aliphatic rings. The first-order valence-electron chi connectivity index (χ1n) is 6.85. The molecule has 0 aliphatic carbocycles. The molecule has 0 saturated carbocycles. The average Bonchev–Trinajstić information content (AvgIpc) is 2.78. The highest BCUT2D eigenvalue weighted by Gasteiger charge is 2.15. The number of rotatable bonds is 5. The summed E-state index contributed by atoms with van der Waals surface area (Å²) in [5.74, 6) is 1.07. The van der Waals surface area contributed by atoms with Crippen molar-refractivity contribution in [3.8, 4) is 0 Å². The van der Waals surface area contributed by atoms with Crippen molar-refractivity contribution in [2.24, 2.45) is 11.7 Å². The van der Waals surface area contributed by atoms with Gasteiger partial charge in [0.1, 0.15) is 18.0 Å². The molecule has 20 heavy (non-hydrogen) atoms. The van der Waals surface area contributed by atoms with Gasteiger partial charge >= 0.3 is 0 Å². The molecule has 108 valence electrons. The number of halogens is 1. The van der Waals surface area contributed by atoms with E-state index >= 15 is 0 Å². The maximum absolute atomic E-state index is 13.3. The Hall–Kier alpha value is -1.75. The van der Waals surface area contributed by atoms with E-state index in [-0.39, 0.29) is 11.9 Å². The fourth-order valence-corrected chi connectivity index (χ4v) is 2.26. The number of hydrogen-bond acceptors (Lipinski definition) is 3. The van der Waals surface area contributed by atoms with Crippen molar-refractivity contribution >= 4 is 0 Å². The Bertz CT molecular complexity index is 577. The summed E-state index contributed by atoms with van der Waals surface area (Å²) in [6, 6.07) is 4.43. The number of aryl methyl sites for hydroxylation is 1. The lowest BCUT2D eigenvalue weighted by molar-refractivity contribution is 0.459. The second kappa shape index (κ2) is 6.13. The van der Waals surface area contributed by atoms with Gasteiger partial charge in [0.2, 0.25) is 0 Å². The molecule has 4 nitrogen and oxygen atoms in total. The van der Waals surface area contributed by atoms with E-state index in [1.807, 2.05) is 11.6 Å². The molecule has 0 bridgehead atoms. The van der Waals surface area contributed by atoms with Gasteiger partial charge in [-0.15, -0.1) is 0 Å². The molecule has 0 saturated heterocycles. The summed E-state index contributed by atoms with van der Waals surface area (Å²) in [7, 11) is 0. The van der Waals surface area contributed by atoms with E-state index in [0.717, 1.165) is 23.5 Å². The molecule has 0 amide bonds. The van der Waals surface area contributed by atoms with Crippen LogP contribution in [0, 0.1) is 18.7 Å². The van der Waals surface area contributed by atoms with E-state index in [1.54, 1.807) is 12.4 Å². The van der Waals surface area contributed by atoms with Gasteiger partial charge in [-0.05, 0) is 36.1 Å². The zero-order valence-electron chi connectivity index (χ0n) is 12.2. The van der Waals surface area contributed by atoms with Crippen LogP contribution in [-0.4, -0.2) is 14.8 Å². The number of hydrogen-bond donors (Lipinski definition) is 1. The molecule has 2 rings (SSSR count). The highest BCUT2D eigenvalue weighted by Crippen LogP contribution is 2.20. The zero-order chi connectivity index (χ0) is 14.7. The SMILES string of the molecule is Cc1ccc(F)cc1C(N)Cc1ncnn1CC(C)C. The number of nitrogens with two attached hydrogens (primary N) is 1. The van der Waals surface area contributed by atoms with Gasteiger partial charge in [0.05, 0.1) is 0 Å². The summed E-state index contributed by atoms with van der Waals surface area (Å²) in [4.78, 5) is 4.26. The topological polar surface area (TPSA) is 56.7 Å². The Morgan fingerprint density at radius 2 is 2.10 bits per heavy atom. The molecule has 1 heterocycles. The fourth-order valence-electron chi connectivity index (χ4n) is 2.26. The van der Waals surface area contributed by atoms with E-state index in [1.165, 1.54) is 12.1 Å². The van der Waals surface area contributed by atoms with Crippen LogP contribution in [0.4, 0.5) is 4.39 Å². The first-order valence-corrected chi connectivity index (χ1v) is 6.85. The van der Waals surface area contributed by atoms with E-state index in [0.29, 0.717) is 12.3 Å². The van der Waals surface area contributed by atoms with Gasteiger partial charge in [0.15, 0.2) is 0 Å². The number of benzene rings is 1. The average molecular weight is 276 g/mol. The summed E-state index contributed by atoms with van der Waals surface area (Å²) in [6.45, 7) is 7.00. The molecule has 1 unspecified atom stereocenters. The van der Waals surface area contributed by atoms with Crippen molar-refractivity contribution in [1.82, 2.24) is 14.8 Å². The molecular weight excluding hydrogens is 255 g/mol. The maximum Gasteiger partial charge on any atom is 0.138 e. The van der Waals surface area contributed by atoms with Gasteiger partial charge in [-0.2, -0.15) is 5.10 Å². The molecule has 0 radical (unpaired) electrons. The van der Waals surface area contributed by atoms with Crippen LogP contribution >= 0.6 is 0 Å². The summed E-state index contributed by atoms with van der Waals surface area (Å²) in [5, 5.41) is 4.22. The Kier molecular flexibility index (Phi) is 4.49. The molecule has 5 heteroatoms. The predicted molar refractivity (Wildman–Crippen MR) is 76.6 cm³/mol. The van der Waals surface area contributed by atoms with Crippen molar-refractivity contribution in [3.05, 3.63) is 47.3 Å². The second-order valence-electron chi connectivity index (χ2n) is 5.56. The Balaban J connectivity index is 2.17. The largest absolute Gasteiger partial charge is 0.324 e. The van der Waals surface area contributed by atoms with Gasteiger partial charge in [-0.3, -0.25) is 0 Å². The van der Waals surface area contributed by atoms with Crippen LogP contribution in [-0.2, 0) is 13.0 Å². The molecular formula is C15H21FN4. The van der Waals surface area contributed by atoms with Crippen LogP contribution in [0.25, 0.3) is 0 Å². The van der Waals surface area contributed by atoms with Crippen LogP contribution in [0.15, 0.2) is 24.5 Å². The quantitative estimate of drug-likeness (QED) is 0.913. The van der Waals surface area contributed by atoms with E-state index < -0.39 is 0 Å². The van der Waals surface area contributed by atoms with Crippen LogP contribution < -0.4 is 5.73 Å². The highest BCUT2D eigenvalue weighted by atomic mass is 19.1. The van der Waals surface area contributed by atoms with Crippen LogP contribution in [0.2, 0.25) is 0 Å². The van der Waals surface area contributed by atoms with Crippen molar-refractivity contribution in [2.75, 3.05) is 0 Å². The van der Waals surface area contributed by atoms with Gasteiger partial charge in [0, 0.05) is 19.0 Å². The zero-order valence-corrected chi connectivity index (χ0v) is 12.2. The standard InChI is InChI=1S/C15H21FN4/c1-10(2)8-20-15(18-9-19-20)7-14(17)13-6-12(16)5-4-11(13)3/h4-6,9-10,14H,7-8,17H2,1-3H3. The fraction of sp³-hybridized carbons (Fsp3) is 0.467. The Labute approximate surface area is 118 Å². The first-order chi connectivity index (χ1) is 9.47. The predicted octanol–water partition coefficient (Wildman–Crippen LogP) is 2.62. The van der Waals surface area contributed by atoms with Gasteiger partial charge in [0.25, 0.3) is 0 Å². The van der Waals surface area contributed by atoms with Gasteiger partial charge in [-0.1, -0.05) is 19.9 Å². The number of nitrogens with zero attached hydrogens (tertiary/aromatic N) is 3. The normalized spacial score (nSPS) is 12.9. The van der Waals surface area contributed by atoms with Crippen molar-refractivity contribution in [1.29, 1.82) is 0 Å².